The summed E-state index contributed by atoms with van der Waals surface area (Å²) in [6, 6.07) is 9.32. The van der Waals surface area contributed by atoms with Crippen LogP contribution >= 0.6 is 12.2 Å². The van der Waals surface area contributed by atoms with Gasteiger partial charge >= 0.3 is 0 Å². The summed E-state index contributed by atoms with van der Waals surface area (Å²) in [5, 5.41) is 0. The molecule has 0 aliphatic carbocycles. The molecule has 0 atom stereocenters. The molecule has 20 heavy (non-hydrogen) atoms. The molecule has 2 aromatic rings. The van der Waals surface area contributed by atoms with Crippen LogP contribution in [-0.4, -0.2) is 17.1 Å². The fraction of sp³-hybridized carbons (Fsp3) is 0.200. The first kappa shape index (κ1) is 14.3. The Bertz CT molecular complexity index is 656. The van der Waals surface area contributed by atoms with Crippen LogP contribution in [0.15, 0.2) is 30.3 Å². The summed E-state index contributed by atoms with van der Waals surface area (Å²) in [4.78, 5) is 4.59. The maximum Gasteiger partial charge on any atom is 0.229 e. The zero-order chi connectivity index (χ0) is 14.7. The van der Waals surface area contributed by atoms with Crippen LogP contribution in [0.5, 0.6) is 17.4 Å². The second kappa shape index (κ2) is 5.88. The largest absolute Gasteiger partial charge is 0.493 e. The first-order valence-corrected chi connectivity index (χ1v) is 6.52. The Labute approximate surface area is 123 Å². The quantitative estimate of drug-likeness (QED) is 0.876. The van der Waals surface area contributed by atoms with Crippen molar-refractivity contribution < 1.29 is 9.47 Å². The second-order valence-electron chi connectivity index (χ2n) is 4.43. The summed E-state index contributed by atoms with van der Waals surface area (Å²) in [5.74, 6) is 1.61. The Balaban J connectivity index is 2.44. The lowest BCUT2D eigenvalue weighted by Crippen LogP contribution is -2.12. The van der Waals surface area contributed by atoms with Gasteiger partial charge in [0.2, 0.25) is 5.88 Å². The number of hydrogen-bond acceptors (Lipinski definition) is 4. The molecule has 104 valence electrons. The molecule has 5 heteroatoms. The van der Waals surface area contributed by atoms with Crippen LogP contribution in [0.3, 0.4) is 0 Å². The molecule has 0 radical (unpaired) electrons. The minimum atomic E-state index is 0.249. The number of methoxy groups -OCH3 is 1. The van der Waals surface area contributed by atoms with Crippen molar-refractivity contribution in [3.8, 4) is 17.4 Å². The molecule has 1 aromatic heterocycles. The van der Waals surface area contributed by atoms with Gasteiger partial charge in [-0.2, -0.15) is 0 Å². The van der Waals surface area contributed by atoms with Crippen molar-refractivity contribution in [3.63, 3.8) is 0 Å². The zero-order valence-corrected chi connectivity index (χ0v) is 12.5. The summed E-state index contributed by atoms with van der Waals surface area (Å²) in [6.45, 7) is 3.86. The van der Waals surface area contributed by atoms with Gasteiger partial charge in [-0.3, -0.25) is 0 Å². The normalized spacial score (nSPS) is 10.2. The van der Waals surface area contributed by atoms with Crippen LogP contribution < -0.4 is 15.2 Å². The Morgan fingerprint density at radius 3 is 2.55 bits per heavy atom. The molecular weight excluding hydrogens is 272 g/mol. The third-order valence-corrected chi connectivity index (χ3v) is 3.01. The second-order valence-corrected chi connectivity index (χ2v) is 4.87. The van der Waals surface area contributed by atoms with E-state index in [4.69, 9.17) is 27.4 Å². The Morgan fingerprint density at radius 2 is 1.90 bits per heavy atom. The van der Waals surface area contributed by atoms with Crippen LogP contribution in [0.2, 0.25) is 0 Å². The molecule has 0 aliphatic rings. The Kier molecular flexibility index (Phi) is 4.20. The van der Waals surface area contributed by atoms with E-state index in [0.29, 0.717) is 22.9 Å². The van der Waals surface area contributed by atoms with Gasteiger partial charge in [0.25, 0.3) is 0 Å². The van der Waals surface area contributed by atoms with Crippen LogP contribution in [0.1, 0.15) is 16.8 Å². The fourth-order valence-electron chi connectivity index (χ4n) is 1.76. The highest BCUT2D eigenvalue weighted by Crippen LogP contribution is 2.32. The molecule has 0 saturated heterocycles. The number of rotatable bonds is 4. The first-order valence-electron chi connectivity index (χ1n) is 6.11. The van der Waals surface area contributed by atoms with Crippen LogP contribution in [-0.2, 0) is 0 Å². The van der Waals surface area contributed by atoms with Crippen molar-refractivity contribution in [1.29, 1.82) is 0 Å². The van der Waals surface area contributed by atoms with Crippen LogP contribution in [0.4, 0.5) is 0 Å². The molecule has 0 saturated carbocycles. The van der Waals surface area contributed by atoms with Gasteiger partial charge < -0.3 is 15.2 Å². The molecule has 2 rings (SSSR count). The summed E-state index contributed by atoms with van der Waals surface area (Å²) < 4.78 is 11.1. The lowest BCUT2D eigenvalue weighted by molar-refractivity contribution is 0.373. The van der Waals surface area contributed by atoms with E-state index >= 15 is 0 Å². The number of aryl methyl sites for hydroxylation is 2. The highest BCUT2D eigenvalue weighted by atomic mass is 32.1. The molecule has 4 nitrogen and oxygen atoms in total. The molecule has 1 heterocycles. The maximum absolute atomic E-state index is 5.83. The molecule has 0 fully saturated rings. The van der Waals surface area contributed by atoms with E-state index in [1.54, 1.807) is 13.2 Å². The highest BCUT2D eigenvalue weighted by Gasteiger charge is 2.12. The summed E-state index contributed by atoms with van der Waals surface area (Å²) in [6.07, 6.45) is 0. The predicted octanol–water partition coefficient (Wildman–Crippen LogP) is 3.13. The van der Waals surface area contributed by atoms with E-state index in [-0.39, 0.29) is 4.99 Å². The fourth-order valence-corrected chi connectivity index (χ4v) is 1.92. The van der Waals surface area contributed by atoms with E-state index in [2.05, 4.69) is 4.98 Å². The van der Waals surface area contributed by atoms with E-state index in [9.17, 15) is 0 Å². The van der Waals surface area contributed by atoms with Gasteiger partial charge in [-0.25, -0.2) is 4.98 Å². The first-order chi connectivity index (χ1) is 9.51. The maximum atomic E-state index is 5.83. The lowest BCUT2D eigenvalue weighted by Gasteiger charge is -2.13. The monoisotopic (exact) mass is 288 g/mol. The van der Waals surface area contributed by atoms with E-state index in [1.807, 2.05) is 38.1 Å². The zero-order valence-electron chi connectivity index (χ0n) is 11.6. The van der Waals surface area contributed by atoms with Gasteiger partial charge in [-0.05, 0) is 43.7 Å². The molecule has 1 aromatic carbocycles. The smallest absolute Gasteiger partial charge is 0.229 e. The number of aromatic nitrogens is 1. The van der Waals surface area contributed by atoms with Gasteiger partial charge in [-0.15, -0.1) is 0 Å². The number of nitrogens with zero attached hydrogens (tertiary/aromatic N) is 1. The molecule has 0 aliphatic heterocycles. The third-order valence-electron chi connectivity index (χ3n) is 2.79. The SMILES string of the molecule is COc1cc(C)ccc1Oc1nc(C)ccc1C(N)=S. The van der Waals surface area contributed by atoms with Gasteiger partial charge in [-0.1, -0.05) is 18.3 Å². The van der Waals surface area contributed by atoms with E-state index in [0.717, 1.165) is 11.3 Å². The van der Waals surface area contributed by atoms with Gasteiger partial charge in [0.15, 0.2) is 11.5 Å². The lowest BCUT2D eigenvalue weighted by atomic mass is 10.2. The van der Waals surface area contributed by atoms with Crippen molar-refractivity contribution in [2.75, 3.05) is 7.11 Å². The summed E-state index contributed by atoms with van der Waals surface area (Å²) in [7, 11) is 1.60. The van der Waals surface area contributed by atoms with E-state index < -0.39 is 0 Å². The molecule has 0 spiro atoms. The van der Waals surface area contributed by atoms with Gasteiger partial charge in [0.05, 0.1) is 12.7 Å². The Hall–Kier alpha value is -2.14. The number of hydrogen-bond donors (Lipinski definition) is 1. The van der Waals surface area contributed by atoms with Crippen molar-refractivity contribution in [2.24, 2.45) is 5.73 Å². The van der Waals surface area contributed by atoms with Gasteiger partial charge in [0.1, 0.15) is 4.99 Å². The number of thiocarbonyl (C=S) groups is 1. The van der Waals surface area contributed by atoms with Crippen LogP contribution in [0, 0.1) is 13.8 Å². The van der Waals surface area contributed by atoms with Crippen LogP contribution in [0.25, 0.3) is 0 Å². The molecule has 0 bridgehead atoms. The Morgan fingerprint density at radius 1 is 1.15 bits per heavy atom. The molecule has 2 N–H and O–H groups in total. The summed E-state index contributed by atoms with van der Waals surface area (Å²) in [5.41, 5.74) is 8.21. The highest BCUT2D eigenvalue weighted by molar-refractivity contribution is 7.80. The van der Waals surface area contributed by atoms with Crippen molar-refractivity contribution in [3.05, 3.63) is 47.2 Å². The average molecular weight is 288 g/mol. The number of nitrogens with two attached hydrogens (primary N) is 1. The molecule has 0 unspecified atom stereocenters. The number of ether oxygens (including phenoxy) is 2. The predicted molar refractivity (Wildman–Crippen MR) is 82.7 cm³/mol. The van der Waals surface area contributed by atoms with Crippen molar-refractivity contribution in [2.45, 2.75) is 13.8 Å². The third kappa shape index (κ3) is 3.05. The number of pyridine rings is 1. The minimum absolute atomic E-state index is 0.249. The van der Waals surface area contributed by atoms with Crippen molar-refractivity contribution >= 4 is 17.2 Å². The number of benzene rings is 1. The average Bonchev–Trinajstić information content (AvgIpc) is 2.40. The minimum Gasteiger partial charge on any atom is -0.493 e. The summed E-state index contributed by atoms with van der Waals surface area (Å²) >= 11 is 5.02. The molecule has 0 amide bonds. The van der Waals surface area contributed by atoms with Crippen molar-refractivity contribution in [1.82, 2.24) is 4.98 Å². The van der Waals surface area contributed by atoms with E-state index in [1.165, 1.54) is 0 Å². The standard InChI is InChI=1S/C15H16N2O2S/c1-9-4-7-12(13(8-9)18-3)19-15-11(14(16)20)6-5-10(2)17-15/h4-8H,1-3H3,(H2,16,20). The molecular formula is C15H16N2O2S. The topological polar surface area (TPSA) is 57.4 Å². The van der Waals surface area contributed by atoms with Gasteiger partial charge in [0, 0.05) is 5.69 Å².